The summed E-state index contributed by atoms with van der Waals surface area (Å²) < 4.78 is 23.5. The largest absolute Gasteiger partial charge is 0.472 e. The molecule has 0 aliphatic rings. The summed E-state index contributed by atoms with van der Waals surface area (Å²) in [7, 11) is 1.49. The first-order valence-electron chi connectivity index (χ1n) is 25.5. The molecule has 0 aromatic carbocycles. The van der Waals surface area contributed by atoms with Crippen molar-refractivity contribution in [1.29, 1.82) is 0 Å². The highest BCUT2D eigenvalue weighted by Crippen LogP contribution is 2.43. The molecule has 3 atom stereocenters. The number of phosphoric ester groups is 1. The molecule has 0 rings (SSSR count). The van der Waals surface area contributed by atoms with Crippen molar-refractivity contribution in [3.63, 3.8) is 0 Å². The molecule has 0 heterocycles. The van der Waals surface area contributed by atoms with Crippen molar-refractivity contribution in [2.24, 2.45) is 0 Å². The van der Waals surface area contributed by atoms with Gasteiger partial charge in [-0.3, -0.25) is 13.8 Å². The Kier molecular flexibility index (Phi) is 43.2. The molecule has 0 fully saturated rings. The Morgan fingerprint density at radius 3 is 1.44 bits per heavy atom. The molecule has 3 N–H and O–H groups in total. The third kappa shape index (κ3) is 47.5. The summed E-state index contributed by atoms with van der Waals surface area (Å²) in [6, 6.07) is -0.912. The highest BCUT2D eigenvalue weighted by atomic mass is 31.2. The fraction of sp³-hybridized carbons (Fsp3) is 0.722. The van der Waals surface area contributed by atoms with Crippen molar-refractivity contribution in [3.8, 4) is 0 Å². The van der Waals surface area contributed by atoms with Gasteiger partial charge in [0.15, 0.2) is 0 Å². The average Bonchev–Trinajstić information content (AvgIpc) is 3.24. The molecule has 0 saturated carbocycles. The molecule has 63 heavy (non-hydrogen) atoms. The smallest absolute Gasteiger partial charge is 0.387 e. The van der Waals surface area contributed by atoms with Gasteiger partial charge >= 0.3 is 7.82 Å². The topological polar surface area (TPSA) is 105 Å². The lowest BCUT2D eigenvalue weighted by molar-refractivity contribution is -0.870. The number of likely N-dealkylation sites (N-methyl/N-ethyl adjacent to an activating group) is 1. The van der Waals surface area contributed by atoms with Gasteiger partial charge in [0.25, 0.3) is 0 Å². The van der Waals surface area contributed by atoms with Gasteiger partial charge in [0.05, 0.1) is 39.9 Å². The van der Waals surface area contributed by atoms with Crippen LogP contribution in [-0.2, 0) is 18.4 Å². The van der Waals surface area contributed by atoms with E-state index in [0.717, 1.165) is 51.4 Å². The second-order valence-corrected chi connectivity index (χ2v) is 19.6. The number of amides is 1. The molecule has 364 valence electrons. The van der Waals surface area contributed by atoms with Gasteiger partial charge in [-0.25, -0.2) is 4.57 Å². The molecule has 0 aliphatic carbocycles. The lowest BCUT2D eigenvalue weighted by Gasteiger charge is -2.25. The van der Waals surface area contributed by atoms with Crippen LogP contribution in [0.4, 0.5) is 0 Å². The zero-order valence-corrected chi connectivity index (χ0v) is 42.2. The summed E-state index contributed by atoms with van der Waals surface area (Å²) in [6.07, 6.45) is 62.9. The molecule has 0 aliphatic heterocycles. The summed E-state index contributed by atoms with van der Waals surface area (Å²) in [6.45, 7) is 4.60. The molecular weight excluding hydrogens is 804 g/mol. The van der Waals surface area contributed by atoms with Crippen LogP contribution >= 0.6 is 7.82 Å². The number of unbranched alkanes of at least 4 members (excludes halogenated alkanes) is 20. The van der Waals surface area contributed by atoms with E-state index < -0.39 is 20.0 Å². The number of quaternary nitrogens is 1. The molecule has 0 saturated heterocycles. The molecular formula is C54H98N2O6P+. The third-order valence-electron chi connectivity index (χ3n) is 10.8. The number of rotatable bonds is 45. The third-order valence-corrected chi connectivity index (χ3v) is 11.8. The van der Waals surface area contributed by atoms with Gasteiger partial charge in [0.2, 0.25) is 5.91 Å². The quantitative estimate of drug-likeness (QED) is 0.0243. The standard InChI is InChI=1S/C54H97N2O6P/c1-6-8-10-12-14-16-18-20-21-22-23-24-25-26-27-28-29-30-31-32-33-34-36-37-39-41-43-45-47-53(57)52(51-62-63(59,60)61-50-49-56(3,4)5)55-54(58)48-46-44-42-40-38-35-19-17-15-13-11-9-7-2/h9,11,15,17,32-33,35,37-39,42,44-45,47,52-53,57H,6-8,10,12-14,16,18-31,34,36,40-41,43,46,48-51H2,1-5H3,(H-,55,58,59,60)/p+1/b11-9-,17-15-,33-32+,38-35-,39-37+,44-42-,47-45+. The first-order valence-corrected chi connectivity index (χ1v) is 27.0. The molecule has 0 bridgehead atoms. The van der Waals surface area contributed by atoms with Gasteiger partial charge < -0.3 is 19.8 Å². The van der Waals surface area contributed by atoms with Crippen LogP contribution in [0.2, 0.25) is 0 Å². The minimum absolute atomic E-state index is 0.0368. The average molecular weight is 902 g/mol. The van der Waals surface area contributed by atoms with E-state index >= 15 is 0 Å². The molecule has 0 radical (unpaired) electrons. The SMILES string of the molecule is CC/C=C\C/C=C\C/C=C\C/C=C\CCC(=O)NC(COP(=O)(O)OCC[N+](C)(C)C)C(O)/C=C/CC/C=C/CC/C=C/CCCCCCCCCCCCCCCCCCCC. The summed E-state index contributed by atoms with van der Waals surface area (Å²) in [5.74, 6) is -0.274. The van der Waals surface area contributed by atoms with Gasteiger partial charge in [0.1, 0.15) is 13.2 Å². The second-order valence-electron chi connectivity index (χ2n) is 18.1. The van der Waals surface area contributed by atoms with Gasteiger partial charge in [0, 0.05) is 6.42 Å². The zero-order chi connectivity index (χ0) is 46.4. The van der Waals surface area contributed by atoms with E-state index in [4.69, 9.17) is 9.05 Å². The molecule has 1 amide bonds. The monoisotopic (exact) mass is 902 g/mol. The van der Waals surface area contributed by atoms with E-state index in [1.165, 1.54) is 122 Å². The Morgan fingerprint density at radius 1 is 0.556 bits per heavy atom. The van der Waals surface area contributed by atoms with Gasteiger partial charge in [-0.05, 0) is 70.6 Å². The number of hydrogen-bond donors (Lipinski definition) is 3. The van der Waals surface area contributed by atoms with Gasteiger partial charge in [-0.1, -0.05) is 208 Å². The summed E-state index contributed by atoms with van der Waals surface area (Å²) in [5.41, 5.74) is 0. The number of nitrogens with one attached hydrogen (secondary N) is 1. The van der Waals surface area contributed by atoms with Crippen molar-refractivity contribution >= 4 is 13.7 Å². The Morgan fingerprint density at radius 2 is 0.968 bits per heavy atom. The predicted molar refractivity (Wildman–Crippen MR) is 272 cm³/mol. The van der Waals surface area contributed by atoms with Crippen molar-refractivity contribution in [1.82, 2.24) is 5.32 Å². The van der Waals surface area contributed by atoms with Crippen LogP contribution < -0.4 is 5.32 Å². The van der Waals surface area contributed by atoms with Crippen molar-refractivity contribution in [3.05, 3.63) is 85.1 Å². The van der Waals surface area contributed by atoms with Crippen LogP contribution in [0.1, 0.15) is 200 Å². The highest BCUT2D eigenvalue weighted by Gasteiger charge is 2.27. The molecule has 0 aromatic heterocycles. The molecule has 3 unspecified atom stereocenters. The van der Waals surface area contributed by atoms with Crippen molar-refractivity contribution in [2.45, 2.75) is 212 Å². The number of phosphoric acid groups is 1. The van der Waals surface area contributed by atoms with Crippen molar-refractivity contribution < 1.29 is 32.9 Å². The van der Waals surface area contributed by atoms with E-state index in [9.17, 15) is 19.4 Å². The lowest BCUT2D eigenvalue weighted by atomic mass is 10.0. The van der Waals surface area contributed by atoms with E-state index in [0.29, 0.717) is 17.4 Å². The Labute approximate surface area is 388 Å². The second kappa shape index (κ2) is 44.9. The van der Waals surface area contributed by atoms with Crippen molar-refractivity contribution in [2.75, 3.05) is 40.9 Å². The normalized spacial score (nSPS) is 14.8. The van der Waals surface area contributed by atoms with Crippen LogP contribution in [0.25, 0.3) is 0 Å². The van der Waals surface area contributed by atoms with E-state index in [1.54, 1.807) is 6.08 Å². The van der Waals surface area contributed by atoms with E-state index in [2.05, 4.69) is 79.9 Å². The fourth-order valence-electron chi connectivity index (χ4n) is 6.85. The Bertz CT molecular complexity index is 1300. The highest BCUT2D eigenvalue weighted by molar-refractivity contribution is 7.47. The Hall–Kier alpha value is -2.32. The summed E-state index contributed by atoms with van der Waals surface area (Å²) in [4.78, 5) is 23.1. The van der Waals surface area contributed by atoms with Crippen LogP contribution in [0.5, 0.6) is 0 Å². The zero-order valence-electron chi connectivity index (χ0n) is 41.3. The van der Waals surface area contributed by atoms with Crippen LogP contribution in [0.3, 0.4) is 0 Å². The van der Waals surface area contributed by atoms with Crippen LogP contribution in [0, 0.1) is 0 Å². The molecule has 0 aromatic rings. The number of nitrogens with zero attached hydrogens (tertiary/aromatic N) is 1. The summed E-state index contributed by atoms with van der Waals surface area (Å²) >= 11 is 0. The Balaban J connectivity index is 4.35. The first kappa shape index (κ1) is 60.7. The molecule has 9 heteroatoms. The fourth-order valence-corrected chi connectivity index (χ4v) is 7.58. The predicted octanol–water partition coefficient (Wildman–Crippen LogP) is 14.9. The maximum Gasteiger partial charge on any atom is 0.472 e. The van der Waals surface area contributed by atoms with Crippen LogP contribution in [-0.4, -0.2) is 73.4 Å². The maximum atomic E-state index is 12.8. The number of hydrogen-bond acceptors (Lipinski definition) is 5. The number of aliphatic hydroxyl groups excluding tert-OH is 1. The molecule has 8 nitrogen and oxygen atoms in total. The minimum Gasteiger partial charge on any atom is -0.387 e. The molecule has 0 spiro atoms. The lowest BCUT2D eigenvalue weighted by Crippen LogP contribution is -2.45. The van der Waals surface area contributed by atoms with E-state index in [1.807, 2.05) is 39.4 Å². The van der Waals surface area contributed by atoms with Gasteiger partial charge in [-0.15, -0.1) is 0 Å². The number of allylic oxidation sites excluding steroid dienone is 13. The number of aliphatic hydroxyl groups is 1. The summed E-state index contributed by atoms with van der Waals surface area (Å²) in [5, 5.41) is 13.8. The maximum absolute atomic E-state index is 12.8. The minimum atomic E-state index is -4.38. The van der Waals surface area contributed by atoms with Crippen LogP contribution in [0.15, 0.2) is 85.1 Å². The van der Waals surface area contributed by atoms with E-state index in [-0.39, 0.29) is 25.5 Å². The van der Waals surface area contributed by atoms with Gasteiger partial charge in [-0.2, -0.15) is 0 Å². The first-order chi connectivity index (χ1) is 30.5. The number of carbonyl (C=O) groups is 1. The number of carbonyl (C=O) groups excluding carboxylic acids is 1.